The summed E-state index contributed by atoms with van der Waals surface area (Å²) in [5.74, 6) is 0.620. The summed E-state index contributed by atoms with van der Waals surface area (Å²) in [5.41, 5.74) is 1.04. The van der Waals surface area contributed by atoms with Gasteiger partial charge < -0.3 is 10.1 Å². The van der Waals surface area contributed by atoms with E-state index in [9.17, 15) is 13.2 Å². The Kier molecular flexibility index (Phi) is 4.91. The predicted octanol–water partition coefficient (Wildman–Crippen LogP) is 3.91. The van der Waals surface area contributed by atoms with Crippen LogP contribution in [-0.4, -0.2) is 18.9 Å². The molecule has 1 aromatic carbocycles. The fourth-order valence-electron chi connectivity index (χ4n) is 2.45. The Balaban J connectivity index is 1.83. The van der Waals surface area contributed by atoms with Crippen LogP contribution >= 0.6 is 0 Å². The molecule has 1 N–H and O–H groups in total. The van der Waals surface area contributed by atoms with E-state index in [1.54, 1.807) is 12.1 Å². The van der Waals surface area contributed by atoms with E-state index in [1.807, 2.05) is 0 Å². The zero-order valence-electron chi connectivity index (χ0n) is 11.5. The van der Waals surface area contributed by atoms with Crippen molar-refractivity contribution in [2.75, 3.05) is 6.54 Å². The predicted molar refractivity (Wildman–Crippen MR) is 71.6 cm³/mol. The molecule has 0 aromatic heterocycles. The first-order valence-electron chi connectivity index (χ1n) is 7.06. The Labute approximate surface area is 117 Å². The topological polar surface area (TPSA) is 21.3 Å². The van der Waals surface area contributed by atoms with Crippen LogP contribution in [0.25, 0.3) is 0 Å². The summed E-state index contributed by atoms with van der Waals surface area (Å²) < 4.78 is 40.0. The van der Waals surface area contributed by atoms with E-state index in [0.717, 1.165) is 30.9 Å². The van der Waals surface area contributed by atoms with Gasteiger partial charge in [-0.3, -0.25) is 0 Å². The highest BCUT2D eigenvalue weighted by Gasteiger charge is 2.31. The molecular weight excluding hydrogens is 267 g/mol. The minimum Gasteiger partial charge on any atom is -0.406 e. The van der Waals surface area contributed by atoms with E-state index < -0.39 is 6.36 Å². The van der Waals surface area contributed by atoms with E-state index in [1.165, 1.54) is 25.0 Å². The molecule has 1 fully saturated rings. The van der Waals surface area contributed by atoms with E-state index in [0.29, 0.717) is 6.04 Å². The summed E-state index contributed by atoms with van der Waals surface area (Å²) in [5, 5.41) is 3.48. The molecule has 0 amide bonds. The molecule has 0 bridgehead atoms. The third kappa shape index (κ3) is 5.04. The molecule has 2 rings (SSSR count). The van der Waals surface area contributed by atoms with Crippen molar-refractivity contribution < 1.29 is 17.9 Å². The maximum atomic E-state index is 12.0. The summed E-state index contributed by atoms with van der Waals surface area (Å²) in [6.07, 6.45) is -0.145. The van der Waals surface area contributed by atoms with E-state index in [-0.39, 0.29) is 5.75 Å². The second-order valence-electron chi connectivity index (χ2n) is 5.23. The number of hydrogen-bond acceptors (Lipinski definition) is 2. The zero-order valence-corrected chi connectivity index (χ0v) is 11.5. The Hall–Kier alpha value is -1.23. The largest absolute Gasteiger partial charge is 0.573 e. The highest BCUT2D eigenvalue weighted by Crippen LogP contribution is 2.34. The second kappa shape index (κ2) is 6.48. The van der Waals surface area contributed by atoms with Crippen LogP contribution < -0.4 is 10.1 Å². The summed E-state index contributed by atoms with van der Waals surface area (Å²) in [4.78, 5) is 0. The Morgan fingerprint density at radius 2 is 1.90 bits per heavy atom. The Morgan fingerprint density at radius 3 is 2.40 bits per heavy atom. The number of aryl methyl sites for hydroxylation is 1. The molecule has 0 heterocycles. The average Bonchev–Trinajstić information content (AvgIpc) is 3.18. The molecule has 1 aliphatic rings. The molecule has 1 unspecified atom stereocenters. The van der Waals surface area contributed by atoms with Gasteiger partial charge in [-0.25, -0.2) is 0 Å². The first-order chi connectivity index (χ1) is 9.48. The van der Waals surface area contributed by atoms with Crippen LogP contribution in [0.4, 0.5) is 13.2 Å². The smallest absolute Gasteiger partial charge is 0.406 e. The summed E-state index contributed by atoms with van der Waals surface area (Å²) in [6.45, 7) is 3.05. The van der Waals surface area contributed by atoms with Crippen LogP contribution in [0.1, 0.15) is 31.7 Å². The van der Waals surface area contributed by atoms with Gasteiger partial charge in [-0.15, -0.1) is 13.2 Å². The van der Waals surface area contributed by atoms with Gasteiger partial charge in [0, 0.05) is 6.04 Å². The molecular formula is C15H20F3NO. The lowest BCUT2D eigenvalue weighted by molar-refractivity contribution is -0.274. The quantitative estimate of drug-likeness (QED) is 0.821. The number of benzene rings is 1. The second-order valence-corrected chi connectivity index (χ2v) is 5.23. The van der Waals surface area contributed by atoms with Crippen LogP contribution in [0.5, 0.6) is 5.75 Å². The van der Waals surface area contributed by atoms with Crippen molar-refractivity contribution in [1.29, 1.82) is 0 Å². The number of hydrogen-bond donors (Lipinski definition) is 1. The van der Waals surface area contributed by atoms with Crippen LogP contribution in [-0.2, 0) is 6.42 Å². The average molecular weight is 287 g/mol. The summed E-state index contributed by atoms with van der Waals surface area (Å²) in [6, 6.07) is 6.70. The molecule has 5 heteroatoms. The van der Waals surface area contributed by atoms with Crippen LogP contribution in [0.3, 0.4) is 0 Å². The molecule has 0 aliphatic heterocycles. The number of alkyl halides is 3. The molecule has 0 radical (unpaired) electrons. The van der Waals surface area contributed by atoms with Crippen LogP contribution in [0, 0.1) is 5.92 Å². The van der Waals surface area contributed by atoms with Gasteiger partial charge >= 0.3 is 6.36 Å². The Bertz CT molecular complexity index is 412. The van der Waals surface area contributed by atoms with Gasteiger partial charge in [-0.05, 0) is 55.8 Å². The lowest BCUT2D eigenvalue weighted by atomic mass is 10.0. The van der Waals surface area contributed by atoms with E-state index >= 15 is 0 Å². The first kappa shape index (κ1) is 15.2. The fraction of sp³-hybridized carbons (Fsp3) is 0.600. The van der Waals surface area contributed by atoms with Gasteiger partial charge in [0.15, 0.2) is 0 Å². The lowest BCUT2D eigenvalue weighted by Crippen LogP contribution is -2.31. The number of nitrogens with one attached hydrogen (secondary N) is 1. The third-order valence-electron chi connectivity index (χ3n) is 3.56. The molecule has 1 atom stereocenters. The highest BCUT2D eigenvalue weighted by atomic mass is 19.4. The van der Waals surface area contributed by atoms with Gasteiger partial charge in [0.25, 0.3) is 0 Å². The Morgan fingerprint density at radius 1 is 1.25 bits per heavy atom. The monoisotopic (exact) mass is 287 g/mol. The molecule has 0 spiro atoms. The van der Waals surface area contributed by atoms with Gasteiger partial charge in [0.05, 0.1) is 0 Å². The van der Waals surface area contributed by atoms with Crippen molar-refractivity contribution in [3.63, 3.8) is 0 Å². The molecule has 1 aromatic rings. The third-order valence-corrected chi connectivity index (χ3v) is 3.56. The van der Waals surface area contributed by atoms with Crippen molar-refractivity contribution >= 4 is 0 Å². The van der Waals surface area contributed by atoms with Crippen molar-refractivity contribution in [3.05, 3.63) is 29.8 Å². The molecule has 20 heavy (non-hydrogen) atoms. The SMILES string of the molecule is CCNC(CCc1ccc(OC(F)(F)F)cc1)C1CC1. The molecule has 1 aliphatic carbocycles. The molecule has 1 saturated carbocycles. The van der Waals surface area contributed by atoms with Crippen molar-refractivity contribution in [2.24, 2.45) is 5.92 Å². The van der Waals surface area contributed by atoms with Crippen molar-refractivity contribution in [3.8, 4) is 5.75 Å². The maximum absolute atomic E-state index is 12.0. The number of halogens is 3. The number of ether oxygens (including phenoxy) is 1. The molecule has 0 saturated heterocycles. The fourth-order valence-corrected chi connectivity index (χ4v) is 2.45. The molecule has 112 valence electrons. The van der Waals surface area contributed by atoms with Crippen molar-refractivity contribution in [2.45, 2.75) is 45.0 Å². The minimum atomic E-state index is -4.62. The maximum Gasteiger partial charge on any atom is 0.573 e. The van der Waals surface area contributed by atoms with Crippen LogP contribution in [0.2, 0.25) is 0 Å². The van der Waals surface area contributed by atoms with Gasteiger partial charge in [-0.2, -0.15) is 0 Å². The van der Waals surface area contributed by atoms with Gasteiger partial charge in [-0.1, -0.05) is 19.1 Å². The normalized spacial score (nSPS) is 17.0. The van der Waals surface area contributed by atoms with Crippen molar-refractivity contribution in [1.82, 2.24) is 5.32 Å². The first-order valence-corrected chi connectivity index (χ1v) is 7.06. The number of rotatable bonds is 7. The summed E-state index contributed by atoms with van der Waals surface area (Å²) in [7, 11) is 0. The highest BCUT2D eigenvalue weighted by molar-refractivity contribution is 5.27. The lowest BCUT2D eigenvalue weighted by Gasteiger charge is -2.17. The van der Waals surface area contributed by atoms with E-state index in [2.05, 4.69) is 17.0 Å². The standard InChI is InChI=1S/C15H20F3NO/c1-2-19-14(12-6-7-12)10-5-11-3-8-13(9-4-11)20-15(16,17)18/h3-4,8-9,12,14,19H,2,5-7,10H2,1H3. The van der Waals surface area contributed by atoms with Crippen LogP contribution in [0.15, 0.2) is 24.3 Å². The van der Waals surface area contributed by atoms with Gasteiger partial charge in [0.1, 0.15) is 5.75 Å². The van der Waals surface area contributed by atoms with E-state index in [4.69, 9.17) is 0 Å². The molecule has 2 nitrogen and oxygen atoms in total. The zero-order chi connectivity index (χ0) is 14.6. The minimum absolute atomic E-state index is 0.160. The van der Waals surface area contributed by atoms with Gasteiger partial charge in [0.2, 0.25) is 0 Å². The summed E-state index contributed by atoms with van der Waals surface area (Å²) >= 11 is 0.